The fraction of sp³-hybridized carbons (Fsp3) is 0.733. The van der Waals surface area contributed by atoms with Gasteiger partial charge in [-0.2, -0.15) is 0 Å². The highest BCUT2D eigenvalue weighted by atomic mass is 35.5. The van der Waals surface area contributed by atoms with E-state index in [9.17, 15) is 4.79 Å². The van der Waals surface area contributed by atoms with Crippen molar-refractivity contribution in [2.24, 2.45) is 0 Å². The van der Waals surface area contributed by atoms with Crippen molar-refractivity contribution in [3.63, 3.8) is 0 Å². The summed E-state index contributed by atoms with van der Waals surface area (Å²) in [5, 5.41) is 0. The fourth-order valence-corrected chi connectivity index (χ4v) is 3.07. The third-order valence-corrected chi connectivity index (χ3v) is 4.71. The zero-order valence-corrected chi connectivity index (χ0v) is 12.4. The Bertz CT molecular complexity index is 519. The van der Waals surface area contributed by atoms with Crippen molar-refractivity contribution in [2.45, 2.75) is 62.3 Å². The van der Waals surface area contributed by atoms with Crippen LogP contribution in [-0.4, -0.2) is 22.7 Å². The van der Waals surface area contributed by atoms with Gasteiger partial charge in [-0.1, -0.05) is 19.3 Å². The summed E-state index contributed by atoms with van der Waals surface area (Å²) in [6.45, 7) is 0.673. The molecule has 2 aliphatic carbocycles. The van der Waals surface area contributed by atoms with Gasteiger partial charge in [-0.15, -0.1) is 11.6 Å². The lowest BCUT2D eigenvalue weighted by Gasteiger charge is -2.24. The molecule has 0 saturated heterocycles. The van der Waals surface area contributed by atoms with Gasteiger partial charge in [0.1, 0.15) is 5.82 Å². The number of aromatic amines is 1. The summed E-state index contributed by atoms with van der Waals surface area (Å²) < 4.78 is 6.08. The van der Waals surface area contributed by atoms with Crippen LogP contribution in [0.15, 0.2) is 10.9 Å². The van der Waals surface area contributed by atoms with Crippen LogP contribution in [0.4, 0.5) is 0 Å². The fourth-order valence-electron chi connectivity index (χ4n) is 2.94. The number of alkyl halides is 1. The zero-order valence-electron chi connectivity index (χ0n) is 11.7. The number of hydrogen-bond donors (Lipinski definition) is 1. The molecule has 20 heavy (non-hydrogen) atoms. The van der Waals surface area contributed by atoms with E-state index in [0.29, 0.717) is 18.4 Å². The average Bonchev–Trinajstić information content (AvgIpc) is 3.27. The Labute approximate surface area is 123 Å². The first kappa shape index (κ1) is 14.1. The first-order valence-electron chi connectivity index (χ1n) is 7.50. The third kappa shape index (κ3) is 3.07. The second-order valence-electron chi connectivity index (χ2n) is 6.07. The number of ether oxygens (including phenoxy) is 1. The lowest BCUT2D eigenvalue weighted by molar-refractivity contribution is 0.0145. The van der Waals surface area contributed by atoms with E-state index in [1.165, 1.54) is 38.2 Å². The van der Waals surface area contributed by atoms with Gasteiger partial charge in [-0.25, -0.2) is 4.98 Å². The molecule has 0 aliphatic heterocycles. The van der Waals surface area contributed by atoms with Gasteiger partial charge < -0.3 is 9.72 Å². The first-order chi connectivity index (χ1) is 9.72. The maximum atomic E-state index is 11.7. The van der Waals surface area contributed by atoms with Crippen molar-refractivity contribution < 1.29 is 4.74 Å². The molecule has 1 N–H and O–H groups in total. The van der Waals surface area contributed by atoms with Gasteiger partial charge in [0.25, 0.3) is 5.56 Å². The van der Waals surface area contributed by atoms with E-state index < -0.39 is 0 Å². The Morgan fingerprint density at radius 2 is 2.10 bits per heavy atom. The number of halogens is 1. The van der Waals surface area contributed by atoms with E-state index in [2.05, 4.69) is 9.97 Å². The molecule has 2 saturated carbocycles. The number of nitrogens with zero attached hydrogens (tertiary/aromatic N) is 1. The van der Waals surface area contributed by atoms with Crippen LogP contribution in [0, 0.1) is 0 Å². The van der Waals surface area contributed by atoms with Crippen LogP contribution < -0.4 is 5.56 Å². The minimum absolute atomic E-state index is 0.0708. The van der Waals surface area contributed by atoms with Crippen molar-refractivity contribution in [2.75, 3.05) is 6.61 Å². The SMILES string of the molecule is O=c1cc(CCl)nc(C2(COC3CCCCC3)CC2)[nH]1. The van der Waals surface area contributed by atoms with Gasteiger partial charge >= 0.3 is 0 Å². The Hall–Kier alpha value is -0.870. The molecule has 0 bridgehead atoms. The molecule has 2 fully saturated rings. The van der Waals surface area contributed by atoms with Crippen molar-refractivity contribution >= 4 is 11.6 Å². The summed E-state index contributed by atoms with van der Waals surface area (Å²) in [5.74, 6) is 1.03. The first-order valence-corrected chi connectivity index (χ1v) is 8.04. The van der Waals surface area contributed by atoms with Gasteiger partial charge in [0.15, 0.2) is 0 Å². The number of hydrogen-bond acceptors (Lipinski definition) is 3. The molecule has 0 spiro atoms. The van der Waals surface area contributed by atoms with E-state index in [1.54, 1.807) is 0 Å². The summed E-state index contributed by atoms with van der Waals surface area (Å²) in [5.41, 5.74) is 0.461. The number of nitrogens with one attached hydrogen (secondary N) is 1. The third-order valence-electron chi connectivity index (χ3n) is 4.44. The topological polar surface area (TPSA) is 55.0 Å². The molecule has 0 atom stereocenters. The molecule has 0 radical (unpaired) electrons. The molecule has 2 aliphatic rings. The zero-order chi connectivity index (χ0) is 14.0. The Morgan fingerprint density at radius 3 is 2.75 bits per heavy atom. The number of rotatable bonds is 5. The second-order valence-corrected chi connectivity index (χ2v) is 6.34. The van der Waals surface area contributed by atoms with Gasteiger partial charge in [-0.05, 0) is 25.7 Å². The summed E-state index contributed by atoms with van der Waals surface area (Å²) in [4.78, 5) is 19.0. The van der Waals surface area contributed by atoms with Crippen LogP contribution in [0.25, 0.3) is 0 Å². The minimum Gasteiger partial charge on any atom is -0.377 e. The minimum atomic E-state index is -0.116. The molecule has 1 aromatic heterocycles. The molecular formula is C15H21ClN2O2. The largest absolute Gasteiger partial charge is 0.377 e. The van der Waals surface area contributed by atoms with Gasteiger partial charge in [0, 0.05) is 6.07 Å². The maximum Gasteiger partial charge on any atom is 0.251 e. The lowest BCUT2D eigenvalue weighted by Crippen LogP contribution is -2.27. The highest BCUT2D eigenvalue weighted by molar-refractivity contribution is 6.16. The lowest BCUT2D eigenvalue weighted by atomic mass is 9.97. The van der Waals surface area contributed by atoms with Crippen LogP contribution in [0.2, 0.25) is 0 Å². The highest BCUT2D eigenvalue weighted by Gasteiger charge is 2.47. The highest BCUT2D eigenvalue weighted by Crippen LogP contribution is 2.47. The summed E-state index contributed by atoms with van der Waals surface area (Å²) in [7, 11) is 0. The monoisotopic (exact) mass is 296 g/mol. The van der Waals surface area contributed by atoms with Crippen LogP contribution in [0.5, 0.6) is 0 Å². The van der Waals surface area contributed by atoms with Crippen LogP contribution in [0.3, 0.4) is 0 Å². The molecule has 0 amide bonds. The van der Waals surface area contributed by atoms with Crippen LogP contribution >= 0.6 is 11.6 Å². The normalized spacial score (nSPS) is 21.9. The molecule has 1 heterocycles. The predicted octanol–water partition coefficient (Wildman–Crippen LogP) is 2.89. The molecule has 3 rings (SSSR count). The molecule has 0 aromatic carbocycles. The Morgan fingerprint density at radius 1 is 1.35 bits per heavy atom. The Kier molecular flexibility index (Phi) is 4.13. The summed E-state index contributed by atoms with van der Waals surface area (Å²) >= 11 is 5.79. The molecule has 4 nitrogen and oxygen atoms in total. The summed E-state index contributed by atoms with van der Waals surface area (Å²) in [6.07, 6.45) is 8.68. The number of H-pyrrole nitrogens is 1. The van der Waals surface area contributed by atoms with E-state index in [-0.39, 0.29) is 16.9 Å². The average molecular weight is 297 g/mol. The summed E-state index contributed by atoms with van der Waals surface area (Å²) in [6, 6.07) is 1.47. The molecular weight excluding hydrogens is 276 g/mol. The van der Waals surface area contributed by atoms with Gasteiger partial charge in [0.05, 0.1) is 29.7 Å². The van der Waals surface area contributed by atoms with E-state index in [0.717, 1.165) is 18.7 Å². The van der Waals surface area contributed by atoms with Crippen molar-refractivity contribution in [1.29, 1.82) is 0 Å². The second kappa shape index (κ2) is 5.86. The van der Waals surface area contributed by atoms with Crippen LogP contribution in [-0.2, 0) is 16.0 Å². The van der Waals surface area contributed by atoms with E-state index >= 15 is 0 Å². The molecule has 110 valence electrons. The quantitative estimate of drug-likeness (QED) is 0.850. The van der Waals surface area contributed by atoms with Gasteiger partial charge in [-0.3, -0.25) is 4.79 Å². The maximum absolute atomic E-state index is 11.7. The standard InChI is InChI=1S/C15H21ClN2O2/c16-9-11-8-13(19)18-14(17-11)15(6-7-15)10-20-12-4-2-1-3-5-12/h8,12H,1-7,9-10H2,(H,17,18,19). The van der Waals surface area contributed by atoms with E-state index in [1.807, 2.05) is 0 Å². The van der Waals surface area contributed by atoms with Crippen molar-refractivity contribution in [3.8, 4) is 0 Å². The van der Waals surface area contributed by atoms with Crippen LogP contribution in [0.1, 0.15) is 56.5 Å². The molecule has 0 unspecified atom stereocenters. The van der Waals surface area contributed by atoms with Crippen molar-refractivity contribution in [1.82, 2.24) is 9.97 Å². The molecule has 1 aromatic rings. The molecule has 5 heteroatoms. The van der Waals surface area contributed by atoms with Gasteiger partial charge in [0.2, 0.25) is 0 Å². The predicted molar refractivity (Wildman–Crippen MR) is 78.2 cm³/mol. The smallest absolute Gasteiger partial charge is 0.251 e. The van der Waals surface area contributed by atoms with E-state index in [4.69, 9.17) is 16.3 Å². The Balaban J connectivity index is 1.68. The number of aromatic nitrogens is 2. The van der Waals surface area contributed by atoms with Crippen molar-refractivity contribution in [3.05, 3.63) is 27.9 Å².